The summed E-state index contributed by atoms with van der Waals surface area (Å²) < 4.78 is 12.2. The number of nitrogens with zero attached hydrogens (tertiary/aromatic N) is 1. The Balaban J connectivity index is 2.22. The summed E-state index contributed by atoms with van der Waals surface area (Å²) in [5, 5.41) is 8.84. The second kappa shape index (κ2) is 6.45. The van der Waals surface area contributed by atoms with Gasteiger partial charge in [-0.1, -0.05) is 15.9 Å². The molecule has 0 aliphatic carbocycles. The molecule has 0 saturated carbocycles. The van der Waals surface area contributed by atoms with Crippen molar-refractivity contribution in [3.05, 3.63) is 22.2 Å². The highest BCUT2D eigenvalue weighted by Gasteiger charge is 2.27. The molecule has 110 valence electrons. The largest absolute Gasteiger partial charge is 0.493 e. The first kappa shape index (κ1) is 15.1. The molecule has 0 amide bonds. The average Bonchev–Trinajstić information content (AvgIpc) is 2.36. The zero-order chi connectivity index (χ0) is 14.7. The van der Waals surface area contributed by atoms with Gasteiger partial charge in [-0.3, -0.25) is 9.69 Å². The average molecular weight is 344 g/mol. The maximum atomic E-state index is 10.8. The Morgan fingerprint density at radius 1 is 1.50 bits per heavy atom. The molecule has 1 aliphatic heterocycles. The summed E-state index contributed by atoms with van der Waals surface area (Å²) in [6.45, 7) is 1.75. The topological polar surface area (TPSA) is 59.0 Å². The summed E-state index contributed by atoms with van der Waals surface area (Å²) in [5.41, 5.74) is 0.855. The summed E-state index contributed by atoms with van der Waals surface area (Å²) in [6, 6.07) is 3.73. The van der Waals surface area contributed by atoms with Crippen LogP contribution in [0.15, 0.2) is 16.6 Å². The highest BCUT2D eigenvalue weighted by molar-refractivity contribution is 9.10. The first-order valence-electron chi connectivity index (χ1n) is 6.43. The van der Waals surface area contributed by atoms with Crippen molar-refractivity contribution in [1.82, 2.24) is 4.90 Å². The quantitative estimate of drug-likeness (QED) is 0.857. The molecule has 0 bridgehead atoms. The number of hydrogen-bond acceptors (Lipinski definition) is 4. The number of hydrogen-bond donors (Lipinski definition) is 1. The third kappa shape index (κ3) is 3.64. The van der Waals surface area contributed by atoms with Gasteiger partial charge >= 0.3 is 5.97 Å². The number of rotatable bonds is 6. The smallest absolute Gasteiger partial charge is 0.303 e. The third-order valence-corrected chi connectivity index (χ3v) is 3.70. The lowest BCUT2D eigenvalue weighted by molar-refractivity contribution is -0.136. The molecule has 2 rings (SSSR count). The highest BCUT2D eigenvalue weighted by atomic mass is 79.9. The number of aryl methyl sites for hydroxylation is 1. The van der Waals surface area contributed by atoms with Crippen LogP contribution in [-0.4, -0.2) is 49.3 Å². The number of methoxy groups -OCH3 is 1. The first-order valence-corrected chi connectivity index (χ1v) is 7.22. The number of carboxylic acids is 1. The zero-order valence-corrected chi connectivity index (χ0v) is 13.1. The van der Waals surface area contributed by atoms with Crippen molar-refractivity contribution in [2.24, 2.45) is 0 Å². The minimum atomic E-state index is -0.821. The Morgan fingerprint density at radius 2 is 2.20 bits per heavy atom. The minimum absolute atomic E-state index is 0.0700. The maximum Gasteiger partial charge on any atom is 0.303 e. The Labute approximate surface area is 126 Å². The van der Waals surface area contributed by atoms with E-state index in [9.17, 15) is 4.79 Å². The molecule has 1 aromatic rings. The van der Waals surface area contributed by atoms with E-state index in [0.29, 0.717) is 17.9 Å². The minimum Gasteiger partial charge on any atom is -0.493 e. The van der Waals surface area contributed by atoms with Crippen LogP contribution in [-0.2, 0) is 11.2 Å². The number of aliphatic carboxylic acids is 1. The van der Waals surface area contributed by atoms with Crippen LogP contribution in [0.3, 0.4) is 0 Å². The summed E-state index contributed by atoms with van der Waals surface area (Å²) >= 11 is 3.41. The van der Waals surface area contributed by atoms with Crippen LogP contribution in [0.2, 0.25) is 0 Å². The van der Waals surface area contributed by atoms with Gasteiger partial charge in [-0.05, 0) is 31.2 Å². The van der Waals surface area contributed by atoms with Crippen molar-refractivity contribution in [1.29, 1.82) is 0 Å². The van der Waals surface area contributed by atoms with Crippen molar-refractivity contribution in [2.75, 3.05) is 27.2 Å². The highest BCUT2D eigenvalue weighted by Crippen LogP contribution is 2.37. The predicted octanol–water partition coefficient (Wildman–Crippen LogP) is 2.17. The van der Waals surface area contributed by atoms with Gasteiger partial charge in [0.1, 0.15) is 6.10 Å². The van der Waals surface area contributed by atoms with Gasteiger partial charge in [-0.2, -0.15) is 0 Å². The van der Waals surface area contributed by atoms with Crippen molar-refractivity contribution in [2.45, 2.75) is 18.9 Å². The first-order chi connectivity index (χ1) is 9.49. The lowest BCUT2D eigenvalue weighted by atomic mass is 10.1. The Morgan fingerprint density at radius 3 is 2.75 bits per heavy atom. The van der Waals surface area contributed by atoms with Crippen LogP contribution in [0.4, 0.5) is 0 Å². The molecule has 5 nitrogen and oxygen atoms in total. The zero-order valence-electron chi connectivity index (χ0n) is 11.6. The third-order valence-electron chi connectivity index (χ3n) is 3.24. The molecule has 0 aromatic heterocycles. The van der Waals surface area contributed by atoms with Gasteiger partial charge < -0.3 is 14.6 Å². The molecule has 1 aromatic carbocycles. The molecule has 1 heterocycles. The second-order valence-electron chi connectivity index (χ2n) is 4.95. The van der Waals surface area contributed by atoms with Crippen LogP contribution in [0, 0.1) is 0 Å². The van der Waals surface area contributed by atoms with E-state index in [1.807, 2.05) is 19.2 Å². The fourth-order valence-corrected chi connectivity index (χ4v) is 2.70. The van der Waals surface area contributed by atoms with E-state index in [0.717, 1.165) is 23.1 Å². The number of carbonyl (C=O) groups is 1. The van der Waals surface area contributed by atoms with Crippen molar-refractivity contribution < 1.29 is 19.4 Å². The van der Waals surface area contributed by atoms with Crippen LogP contribution in [0.1, 0.15) is 12.0 Å². The predicted molar refractivity (Wildman–Crippen MR) is 78.6 cm³/mol. The van der Waals surface area contributed by atoms with Gasteiger partial charge in [0.2, 0.25) is 0 Å². The van der Waals surface area contributed by atoms with Crippen LogP contribution in [0.5, 0.6) is 11.5 Å². The van der Waals surface area contributed by atoms with Gasteiger partial charge in [0, 0.05) is 24.0 Å². The van der Waals surface area contributed by atoms with Gasteiger partial charge in [-0.15, -0.1) is 0 Å². The SMILES string of the molecule is COc1cc(Br)cc(CCC(=O)O)c1OC1CN(C)C1. The van der Waals surface area contributed by atoms with E-state index in [-0.39, 0.29) is 12.5 Å². The van der Waals surface area contributed by atoms with Gasteiger partial charge in [-0.25, -0.2) is 0 Å². The van der Waals surface area contributed by atoms with Crippen molar-refractivity contribution >= 4 is 21.9 Å². The van der Waals surface area contributed by atoms with Gasteiger partial charge in [0.25, 0.3) is 0 Å². The normalized spacial score (nSPS) is 15.8. The molecule has 1 aliphatic rings. The summed E-state index contributed by atoms with van der Waals surface area (Å²) in [6.07, 6.45) is 0.627. The number of likely N-dealkylation sites (tertiary alicyclic amines) is 1. The summed E-state index contributed by atoms with van der Waals surface area (Å²) in [5.74, 6) is 0.475. The fraction of sp³-hybridized carbons (Fsp3) is 0.500. The number of likely N-dealkylation sites (N-methyl/N-ethyl adjacent to an activating group) is 1. The van der Waals surface area contributed by atoms with Crippen LogP contribution >= 0.6 is 15.9 Å². The molecule has 1 N–H and O–H groups in total. The molecule has 0 radical (unpaired) electrons. The van der Waals surface area contributed by atoms with E-state index in [1.54, 1.807) is 7.11 Å². The number of ether oxygens (including phenoxy) is 2. The molecule has 20 heavy (non-hydrogen) atoms. The van der Waals surface area contributed by atoms with Crippen molar-refractivity contribution in [3.63, 3.8) is 0 Å². The van der Waals surface area contributed by atoms with E-state index in [4.69, 9.17) is 14.6 Å². The lowest BCUT2D eigenvalue weighted by Crippen LogP contribution is -2.51. The van der Waals surface area contributed by atoms with Crippen molar-refractivity contribution in [3.8, 4) is 11.5 Å². The van der Waals surface area contributed by atoms with E-state index in [2.05, 4.69) is 20.8 Å². The molecule has 0 spiro atoms. The standard InChI is InChI=1S/C14H18BrNO4/c1-16-7-11(8-16)20-14-9(3-4-13(17)18)5-10(15)6-12(14)19-2/h5-6,11H,3-4,7-8H2,1-2H3,(H,17,18). The Hall–Kier alpha value is -1.27. The Kier molecular flexibility index (Phi) is 4.88. The summed E-state index contributed by atoms with van der Waals surface area (Å²) in [7, 11) is 3.62. The van der Waals surface area contributed by atoms with E-state index >= 15 is 0 Å². The number of carboxylic acid groups (broad SMARTS) is 1. The van der Waals surface area contributed by atoms with Crippen LogP contribution < -0.4 is 9.47 Å². The number of halogens is 1. The van der Waals surface area contributed by atoms with Gasteiger partial charge in [0.05, 0.1) is 7.11 Å². The Bertz CT molecular complexity index is 500. The van der Waals surface area contributed by atoms with E-state index < -0.39 is 5.97 Å². The monoisotopic (exact) mass is 343 g/mol. The molecule has 0 unspecified atom stereocenters. The summed E-state index contributed by atoms with van der Waals surface area (Å²) in [4.78, 5) is 12.9. The number of benzene rings is 1. The second-order valence-corrected chi connectivity index (χ2v) is 5.87. The maximum absolute atomic E-state index is 10.8. The van der Waals surface area contributed by atoms with E-state index in [1.165, 1.54) is 0 Å². The lowest BCUT2D eigenvalue weighted by Gasteiger charge is -2.36. The molecule has 0 atom stereocenters. The molecular weight excluding hydrogens is 326 g/mol. The van der Waals surface area contributed by atoms with Crippen LogP contribution in [0.25, 0.3) is 0 Å². The molecule has 6 heteroatoms. The molecule has 1 fully saturated rings. The van der Waals surface area contributed by atoms with Gasteiger partial charge in [0.15, 0.2) is 11.5 Å². The fourth-order valence-electron chi connectivity index (χ4n) is 2.22. The molecule has 1 saturated heterocycles. The molecular formula is C14H18BrNO4.